The minimum absolute atomic E-state index is 0.153. The summed E-state index contributed by atoms with van der Waals surface area (Å²) < 4.78 is 0. The van der Waals surface area contributed by atoms with E-state index in [-0.39, 0.29) is 16.9 Å². The highest BCUT2D eigenvalue weighted by Crippen LogP contribution is 2.46. The van der Waals surface area contributed by atoms with Crippen LogP contribution in [0.4, 0.5) is 0 Å². The minimum Gasteiger partial charge on any atom is -0.351 e. The van der Waals surface area contributed by atoms with E-state index in [1.165, 1.54) is 6.42 Å². The highest BCUT2D eigenvalue weighted by Gasteiger charge is 2.45. The van der Waals surface area contributed by atoms with Crippen LogP contribution >= 0.6 is 0 Å². The lowest BCUT2D eigenvalue weighted by molar-refractivity contribution is -0.137. The summed E-state index contributed by atoms with van der Waals surface area (Å²) in [7, 11) is 0. The Bertz CT molecular complexity index is 316. The lowest BCUT2D eigenvalue weighted by atomic mass is 9.62. The maximum Gasteiger partial charge on any atom is 0.226 e. The van der Waals surface area contributed by atoms with E-state index < -0.39 is 0 Å². The van der Waals surface area contributed by atoms with Crippen LogP contribution in [0.15, 0.2) is 12.7 Å². The van der Waals surface area contributed by atoms with Crippen molar-refractivity contribution in [2.75, 3.05) is 0 Å². The number of rotatable bonds is 3. The zero-order valence-electron chi connectivity index (χ0n) is 12.7. The molecule has 104 valence electrons. The van der Waals surface area contributed by atoms with E-state index in [1.807, 2.05) is 26.8 Å². The van der Waals surface area contributed by atoms with Crippen molar-refractivity contribution in [2.45, 2.75) is 65.8 Å². The SMILES string of the molecule is C=CC1CCC(CC)C(C)(C(=O)NC(C)(C)C)C1. The molecule has 0 aromatic heterocycles. The zero-order chi connectivity index (χ0) is 14.0. The molecule has 3 atom stereocenters. The smallest absolute Gasteiger partial charge is 0.226 e. The first-order chi connectivity index (χ1) is 8.23. The van der Waals surface area contributed by atoms with Crippen LogP contribution in [-0.2, 0) is 4.79 Å². The Kier molecular flexibility index (Phi) is 4.63. The van der Waals surface area contributed by atoms with Gasteiger partial charge in [-0.15, -0.1) is 6.58 Å². The van der Waals surface area contributed by atoms with Crippen molar-refractivity contribution in [3.8, 4) is 0 Å². The topological polar surface area (TPSA) is 29.1 Å². The lowest BCUT2D eigenvalue weighted by Crippen LogP contribution is -2.52. The summed E-state index contributed by atoms with van der Waals surface area (Å²) in [6, 6.07) is 0. The molecule has 0 aromatic rings. The van der Waals surface area contributed by atoms with Gasteiger partial charge in [-0.2, -0.15) is 0 Å². The van der Waals surface area contributed by atoms with Crippen LogP contribution in [0.3, 0.4) is 0 Å². The second-order valence-corrected chi connectivity index (χ2v) is 7.00. The Labute approximate surface area is 112 Å². The average Bonchev–Trinajstić information content (AvgIpc) is 2.26. The average molecular weight is 251 g/mol. The van der Waals surface area contributed by atoms with Crippen LogP contribution in [-0.4, -0.2) is 11.4 Å². The van der Waals surface area contributed by atoms with E-state index in [0.29, 0.717) is 11.8 Å². The Balaban J connectivity index is 2.89. The fourth-order valence-electron chi connectivity index (χ4n) is 3.16. The number of nitrogens with one attached hydrogen (secondary N) is 1. The van der Waals surface area contributed by atoms with Gasteiger partial charge in [0.1, 0.15) is 0 Å². The van der Waals surface area contributed by atoms with E-state index in [4.69, 9.17) is 0 Å². The molecule has 3 unspecified atom stereocenters. The van der Waals surface area contributed by atoms with Crippen molar-refractivity contribution in [1.29, 1.82) is 0 Å². The van der Waals surface area contributed by atoms with Gasteiger partial charge in [-0.05, 0) is 51.9 Å². The zero-order valence-corrected chi connectivity index (χ0v) is 12.7. The number of carbonyl (C=O) groups excluding carboxylic acids is 1. The summed E-state index contributed by atoms with van der Waals surface area (Å²) in [5.74, 6) is 1.20. The number of amides is 1. The summed E-state index contributed by atoms with van der Waals surface area (Å²) in [5.41, 5.74) is -0.390. The molecule has 1 rings (SSSR count). The van der Waals surface area contributed by atoms with Gasteiger partial charge in [0.2, 0.25) is 5.91 Å². The van der Waals surface area contributed by atoms with Gasteiger partial charge in [-0.25, -0.2) is 0 Å². The van der Waals surface area contributed by atoms with Crippen LogP contribution in [0.2, 0.25) is 0 Å². The molecule has 0 aliphatic heterocycles. The molecule has 0 bridgehead atoms. The molecule has 18 heavy (non-hydrogen) atoms. The Hall–Kier alpha value is -0.790. The molecule has 2 nitrogen and oxygen atoms in total. The van der Waals surface area contributed by atoms with Crippen LogP contribution in [0, 0.1) is 17.3 Å². The van der Waals surface area contributed by atoms with Crippen LogP contribution < -0.4 is 5.32 Å². The number of allylic oxidation sites excluding steroid dienone is 1. The van der Waals surface area contributed by atoms with Crippen molar-refractivity contribution >= 4 is 5.91 Å². The fourth-order valence-corrected chi connectivity index (χ4v) is 3.16. The normalized spacial score (nSPS) is 32.9. The van der Waals surface area contributed by atoms with E-state index in [0.717, 1.165) is 19.3 Å². The van der Waals surface area contributed by atoms with Crippen LogP contribution in [0.5, 0.6) is 0 Å². The van der Waals surface area contributed by atoms with E-state index in [2.05, 4.69) is 25.7 Å². The molecule has 1 amide bonds. The standard InChI is InChI=1S/C16H29NO/c1-7-12-9-10-13(8-2)16(6,11-12)14(18)17-15(3,4)5/h7,12-13H,1,8-11H2,2-6H3,(H,17,18). The molecule has 1 saturated carbocycles. The molecule has 0 aromatic carbocycles. The van der Waals surface area contributed by atoms with Gasteiger partial charge in [0.25, 0.3) is 0 Å². The van der Waals surface area contributed by atoms with Crippen molar-refractivity contribution in [1.82, 2.24) is 5.32 Å². The second kappa shape index (κ2) is 5.46. The van der Waals surface area contributed by atoms with E-state index >= 15 is 0 Å². The van der Waals surface area contributed by atoms with Crippen molar-refractivity contribution in [3.63, 3.8) is 0 Å². The molecule has 0 heterocycles. The van der Waals surface area contributed by atoms with Crippen LogP contribution in [0.1, 0.15) is 60.3 Å². The monoisotopic (exact) mass is 251 g/mol. The molecular formula is C16H29NO. The minimum atomic E-state index is -0.237. The predicted molar refractivity (Wildman–Crippen MR) is 77.3 cm³/mol. The Morgan fingerprint density at radius 1 is 1.44 bits per heavy atom. The third kappa shape index (κ3) is 3.37. The number of carbonyl (C=O) groups is 1. The van der Waals surface area contributed by atoms with Crippen LogP contribution in [0.25, 0.3) is 0 Å². The second-order valence-electron chi connectivity index (χ2n) is 7.00. The van der Waals surface area contributed by atoms with Gasteiger partial charge in [-0.1, -0.05) is 26.3 Å². The molecule has 0 radical (unpaired) electrons. The molecule has 1 N–H and O–H groups in total. The highest BCUT2D eigenvalue weighted by atomic mass is 16.2. The summed E-state index contributed by atoms with van der Waals surface area (Å²) in [6.07, 6.45) is 6.37. The summed E-state index contributed by atoms with van der Waals surface area (Å²) in [4.78, 5) is 12.6. The van der Waals surface area contributed by atoms with Crippen molar-refractivity contribution in [3.05, 3.63) is 12.7 Å². The molecule has 1 fully saturated rings. The molecule has 0 spiro atoms. The van der Waals surface area contributed by atoms with Gasteiger partial charge in [-0.3, -0.25) is 4.79 Å². The summed E-state index contributed by atoms with van der Waals surface area (Å²) in [5, 5.41) is 3.17. The molecule has 1 aliphatic carbocycles. The predicted octanol–water partition coefficient (Wildman–Crippen LogP) is 3.92. The van der Waals surface area contributed by atoms with Gasteiger partial charge in [0.05, 0.1) is 0 Å². The van der Waals surface area contributed by atoms with Gasteiger partial charge < -0.3 is 5.32 Å². The lowest BCUT2D eigenvalue weighted by Gasteiger charge is -2.44. The maximum absolute atomic E-state index is 12.6. The first kappa shape index (κ1) is 15.3. The quantitative estimate of drug-likeness (QED) is 0.757. The van der Waals surface area contributed by atoms with Gasteiger partial charge in [0, 0.05) is 11.0 Å². The highest BCUT2D eigenvalue weighted by molar-refractivity contribution is 5.83. The van der Waals surface area contributed by atoms with Crippen molar-refractivity contribution in [2.24, 2.45) is 17.3 Å². The molecular weight excluding hydrogens is 222 g/mol. The van der Waals surface area contributed by atoms with Gasteiger partial charge in [0.15, 0.2) is 0 Å². The third-order valence-electron chi connectivity index (χ3n) is 4.31. The van der Waals surface area contributed by atoms with E-state index in [1.54, 1.807) is 0 Å². The largest absolute Gasteiger partial charge is 0.351 e. The number of hydrogen-bond acceptors (Lipinski definition) is 1. The fraction of sp³-hybridized carbons (Fsp3) is 0.812. The molecule has 2 heteroatoms. The first-order valence-electron chi connectivity index (χ1n) is 7.18. The molecule has 1 aliphatic rings. The van der Waals surface area contributed by atoms with Crippen molar-refractivity contribution < 1.29 is 4.79 Å². The summed E-state index contributed by atoms with van der Waals surface area (Å²) in [6.45, 7) is 14.4. The summed E-state index contributed by atoms with van der Waals surface area (Å²) >= 11 is 0. The van der Waals surface area contributed by atoms with E-state index in [9.17, 15) is 4.79 Å². The Morgan fingerprint density at radius 3 is 2.50 bits per heavy atom. The molecule has 0 saturated heterocycles. The Morgan fingerprint density at radius 2 is 2.06 bits per heavy atom. The first-order valence-corrected chi connectivity index (χ1v) is 7.18. The third-order valence-corrected chi connectivity index (χ3v) is 4.31. The maximum atomic E-state index is 12.6. The van der Waals surface area contributed by atoms with Gasteiger partial charge >= 0.3 is 0 Å². The number of hydrogen-bond donors (Lipinski definition) is 1.